The lowest BCUT2D eigenvalue weighted by atomic mass is 9.60. The van der Waals surface area contributed by atoms with Crippen molar-refractivity contribution >= 4 is 5.71 Å². The van der Waals surface area contributed by atoms with Crippen LogP contribution in [0.25, 0.3) is 0 Å². The highest BCUT2D eigenvalue weighted by Gasteiger charge is 2.57. The smallest absolute Gasteiger partial charge is 0.195 e. The summed E-state index contributed by atoms with van der Waals surface area (Å²) >= 11 is 0. The van der Waals surface area contributed by atoms with Crippen molar-refractivity contribution in [1.82, 2.24) is 0 Å². The first-order valence-electron chi connectivity index (χ1n) is 8.50. The molecule has 3 heteroatoms. The summed E-state index contributed by atoms with van der Waals surface area (Å²) in [6.45, 7) is 14.6. The van der Waals surface area contributed by atoms with E-state index in [4.69, 9.17) is 0 Å². The Morgan fingerprint density at radius 3 is 2.46 bits per heavy atom. The Hall–Kier alpha value is -2.21. The minimum absolute atomic E-state index is 0.0922. The predicted octanol–water partition coefficient (Wildman–Crippen LogP) is 5.07. The number of fused-ring (bicyclic) bond motifs is 1. The van der Waals surface area contributed by atoms with Gasteiger partial charge in [-0.15, -0.1) is 0 Å². The van der Waals surface area contributed by atoms with E-state index in [0.29, 0.717) is 0 Å². The van der Waals surface area contributed by atoms with E-state index in [9.17, 15) is 9.65 Å². The van der Waals surface area contributed by atoms with Crippen LogP contribution < -0.4 is 0 Å². The Kier molecular flexibility index (Phi) is 4.80. The van der Waals surface area contributed by atoms with E-state index in [1.54, 1.807) is 12.1 Å². The Labute approximate surface area is 144 Å². The highest BCUT2D eigenvalue weighted by Crippen LogP contribution is 2.48. The van der Waals surface area contributed by atoms with Gasteiger partial charge < -0.3 is 0 Å². The van der Waals surface area contributed by atoms with E-state index in [-0.39, 0.29) is 16.5 Å². The summed E-state index contributed by atoms with van der Waals surface area (Å²) < 4.78 is 16.6. The Morgan fingerprint density at radius 2 is 2.00 bits per heavy atom. The molecule has 0 aliphatic carbocycles. The molecule has 0 N–H and O–H groups in total. The second-order valence-electron chi connectivity index (χ2n) is 6.59. The third-order valence-corrected chi connectivity index (χ3v) is 5.84. The van der Waals surface area contributed by atoms with Crippen LogP contribution in [0.3, 0.4) is 0 Å². The quantitative estimate of drug-likeness (QED) is 0.561. The zero-order chi connectivity index (χ0) is 18.1. The maximum Gasteiger partial charge on any atom is 0.195 e. The number of rotatable bonds is 4. The van der Waals surface area contributed by atoms with Gasteiger partial charge >= 0.3 is 0 Å². The number of hydrogen-bond acceptors (Lipinski definition) is 1. The molecule has 1 aliphatic heterocycles. The van der Waals surface area contributed by atoms with Gasteiger partial charge in [0, 0.05) is 18.9 Å². The van der Waals surface area contributed by atoms with Crippen LogP contribution in [0.2, 0.25) is 0 Å². The van der Waals surface area contributed by atoms with Crippen molar-refractivity contribution in [1.29, 1.82) is 5.26 Å². The third-order valence-electron chi connectivity index (χ3n) is 5.84. The SMILES string of the molecule is C=CC1(CC)[N+](C=CC)=C(C)c2cc(C#N)c(F)cc2C1(C)CC. The molecule has 0 radical (unpaired) electrons. The Balaban J connectivity index is 3.02. The summed E-state index contributed by atoms with van der Waals surface area (Å²) in [6.07, 6.45) is 7.76. The van der Waals surface area contributed by atoms with E-state index in [1.165, 1.54) is 0 Å². The largest absolute Gasteiger partial charge is 0.206 e. The molecule has 2 atom stereocenters. The van der Waals surface area contributed by atoms with E-state index in [2.05, 4.69) is 38.1 Å². The lowest BCUT2D eigenvalue weighted by Crippen LogP contribution is -2.58. The molecular formula is C21H26FN2+. The number of nitriles is 1. The zero-order valence-electron chi connectivity index (χ0n) is 15.3. The topological polar surface area (TPSA) is 26.8 Å². The number of nitrogens with zero attached hydrogens (tertiary/aromatic N) is 2. The van der Waals surface area contributed by atoms with E-state index in [1.807, 2.05) is 32.1 Å². The summed E-state index contributed by atoms with van der Waals surface area (Å²) in [6, 6.07) is 5.21. The molecule has 1 aromatic rings. The lowest BCUT2D eigenvalue weighted by Gasteiger charge is -2.46. The van der Waals surface area contributed by atoms with Crippen molar-refractivity contribution in [3.63, 3.8) is 0 Å². The Bertz CT molecular complexity index is 782. The minimum Gasteiger partial charge on any atom is -0.206 e. The average molecular weight is 325 g/mol. The normalized spacial score (nSPS) is 26.4. The summed E-state index contributed by atoms with van der Waals surface area (Å²) in [7, 11) is 0. The standard InChI is InChI=1S/C21H26FN2/c1-7-11-24-15(5)17-12-16(14-23)19(22)13-18(17)20(6,8-2)21(24,9-3)10-4/h7,9,11-13H,3,8,10H2,1-2,4-6H3/q+1. The van der Waals surface area contributed by atoms with Crippen molar-refractivity contribution < 1.29 is 8.97 Å². The fraction of sp³-hybridized carbons (Fsp3) is 0.429. The van der Waals surface area contributed by atoms with Crippen LogP contribution in [-0.4, -0.2) is 15.8 Å². The molecule has 0 saturated carbocycles. The van der Waals surface area contributed by atoms with Gasteiger partial charge in [-0.2, -0.15) is 9.84 Å². The van der Waals surface area contributed by atoms with Crippen molar-refractivity contribution in [2.24, 2.45) is 0 Å². The molecule has 2 nitrogen and oxygen atoms in total. The molecule has 2 unspecified atom stereocenters. The summed E-state index contributed by atoms with van der Waals surface area (Å²) in [4.78, 5) is 0. The van der Waals surface area contributed by atoms with Gasteiger partial charge in [0.05, 0.1) is 11.0 Å². The van der Waals surface area contributed by atoms with Crippen LogP contribution in [0.15, 0.2) is 37.1 Å². The van der Waals surface area contributed by atoms with Crippen LogP contribution in [0.4, 0.5) is 4.39 Å². The summed E-state index contributed by atoms with van der Waals surface area (Å²) in [5.41, 5.74) is 2.36. The first kappa shape index (κ1) is 18.1. The van der Waals surface area contributed by atoms with E-state index in [0.717, 1.165) is 29.7 Å². The molecule has 0 spiro atoms. The molecule has 1 aromatic carbocycles. The van der Waals surface area contributed by atoms with Crippen molar-refractivity contribution in [3.8, 4) is 6.07 Å². The molecule has 0 amide bonds. The molecule has 2 rings (SSSR count). The first-order valence-corrected chi connectivity index (χ1v) is 8.50. The Morgan fingerprint density at radius 1 is 1.33 bits per heavy atom. The van der Waals surface area contributed by atoms with E-state index >= 15 is 0 Å². The van der Waals surface area contributed by atoms with Gasteiger partial charge in [-0.05, 0) is 50.1 Å². The van der Waals surface area contributed by atoms with Gasteiger partial charge in [0.2, 0.25) is 0 Å². The predicted molar refractivity (Wildman–Crippen MR) is 96.8 cm³/mol. The van der Waals surface area contributed by atoms with Crippen molar-refractivity contribution in [2.45, 2.75) is 58.4 Å². The zero-order valence-corrected chi connectivity index (χ0v) is 15.3. The van der Waals surface area contributed by atoms with Crippen LogP contribution in [0.5, 0.6) is 0 Å². The van der Waals surface area contributed by atoms with Crippen molar-refractivity contribution in [2.75, 3.05) is 0 Å². The first-order chi connectivity index (χ1) is 11.4. The fourth-order valence-electron chi connectivity index (χ4n) is 4.26. The monoisotopic (exact) mass is 325 g/mol. The lowest BCUT2D eigenvalue weighted by molar-refractivity contribution is -0.552. The average Bonchev–Trinajstić information content (AvgIpc) is 2.60. The summed E-state index contributed by atoms with van der Waals surface area (Å²) in [5.74, 6) is -0.447. The maximum atomic E-state index is 14.4. The fourth-order valence-corrected chi connectivity index (χ4v) is 4.26. The molecule has 1 heterocycles. The molecular weight excluding hydrogens is 299 g/mol. The molecule has 0 fully saturated rings. The van der Waals surface area contributed by atoms with Gasteiger partial charge in [0.25, 0.3) is 0 Å². The highest BCUT2D eigenvalue weighted by atomic mass is 19.1. The number of halogens is 1. The van der Waals surface area contributed by atoms with Crippen LogP contribution >= 0.6 is 0 Å². The molecule has 0 aromatic heterocycles. The second kappa shape index (κ2) is 6.36. The highest BCUT2D eigenvalue weighted by molar-refractivity contribution is 5.98. The van der Waals surface area contributed by atoms with E-state index < -0.39 is 5.82 Å². The van der Waals surface area contributed by atoms with Crippen LogP contribution in [0.1, 0.15) is 64.2 Å². The molecule has 0 bridgehead atoms. The molecule has 1 aliphatic rings. The number of allylic oxidation sites excluding steroid dienone is 1. The molecule has 126 valence electrons. The minimum atomic E-state index is -0.447. The van der Waals surface area contributed by atoms with Crippen LogP contribution in [0, 0.1) is 17.1 Å². The summed E-state index contributed by atoms with van der Waals surface area (Å²) in [5, 5.41) is 9.21. The third kappa shape index (κ3) is 2.17. The van der Waals surface area contributed by atoms with Gasteiger partial charge in [-0.1, -0.05) is 20.4 Å². The molecule has 24 heavy (non-hydrogen) atoms. The van der Waals surface area contributed by atoms with Gasteiger partial charge in [0.15, 0.2) is 17.5 Å². The van der Waals surface area contributed by atoms with Gasteiger partial charge in [-0.3, -0.25) is 0 Å². The number of hydrogen-bond donors (Lipinski definition) is 0. The van der Waals surface area contributed by atoms with Crippen molar-refractivity contribution in [3.05, 3.63) is 59.6 Å². The second-order valence-corrected chi connectivity index (χ2v) is 6.59. The van der Waals surface area contributed by atoms with Gasteiger partial charge in [-0.25, -0.2) is 4.39 Å². The molecule has 0 saturated heterocycles. The maximum absolute atomic E-state index is 14.4. The van der Waals surface area contributed by atoms with Gasteiger partial charge in [0.1, 0.15) is 11.9 Å². The number of benzene rings is 1. The van der Waals surface area contributed by atoms with Crippen LogP contribution in [-0.2, 0) is 5.41 Å².